The van der Waals surface area contributed by atoms with E-state index in [-0.39, 0.29) is 6.04 Å². The molecule has 0 spiro atoms. The van der Waals surface area contributed by atoms with Crippen LogP contribution >= 0.6 is 0 Å². The maximum Gasteiger partial charge on any atom is 0.0640 e. The first-order valence-electron chi connectivity index (χ1n) is 6.21. The van der Waals surface area contributed by atoms with Crippen molar-refractivity contribution in [3.05, 3.63) is 18.0 Å². The highest BCUT2D eigenvalue weighted by Crippen LogP contribution is 2.16. The van der Waals surface area contributed by atoms with Crippen LogP contribution < -0.4 is 5.73 Å². The first kappa shape index (κ1) is 13.2. The molecule has 3 heteroatoms. The average molecular weight is 223 g/mol. The SMILES string of the molecule is CC(C)C(C)C(N)Cc1ccn(C(C)C)n1. The summed E-state index contributed by atoms with van der Waals surface area (Å²) >= 11 is 0. The minimum atomic E-state index is 0.204. The van der Waals surface area contributed by atoms with Crippen molar-refractivity contribution < 1.29 is 0 Å². The van der Waals surface area contributed by atoms with Crippen molar-refractivity contribution in [2.75, 3.05) is 0 Å². The van der Waals surface area contributed by atoms with E-state index >= 15 is 0 Å². The second kappa shape index (κ2) is 5.48. The molecule has 1 heterocycles. The molecule has 0 radical (unpaired) electrons. The van der Waals surface area contributed by atoms with Crippen molar-refractivity contribution >= 4 is 0 Å². The lowest BCUT2D eigenvalue weighted by molar-refractivity contribution is 0.342. The lowest BCUT2D eigenvalue weighted by atomic mass is 9.88. The van der Waals surface area contributed by atoms with Crippen LogP contribution in [0.1, 0.15) is 46.4 Å². The Kier molecular flexibility index (Phi) is 4.54. The van der Waals surface area contributed by atoms with E-state index in [9.17, 15) is 0 Å². The molecule has 0 saturated heterocycles. The van der Waals surface area contributed by atoms with Crippen LogP contribution in [-0.4, -0.2) is 15.8 Å². The molecule has 0 saturated carbocycles. The van der Waals surface area contributed by atoms with Gasteiger partial charge in [0.15, 0.2) is 0 Å². The van der Waals surface area contributed by atoms with Crippen molar-refractivity contribution in [2.24, 2.45) is 17.6 Å². The van der Waals surface area contributed by atoms with Gasteiger partial charge in [-0.05, 0) is 31.7 Å². The third-order valence-electron chi connectivity index (χ3n) is 3.36. The fourth-order valence-electron chi connectivity index (χ4n) is 1.70. The van der Waals surface area contributed by atoms with Gasteiger partial charge in [-0.3, -0.25) is 4.68 Å². The van der Waals surface area contributed by atoms with E-state index in [1.165, 1.54) is 0 Å². The van der Waals surface area contributed by atoms with E-state index in [4.69, 9.17) is 5.73 Å². The molecule has 0 fully saturated rings. The molecule has 1 rings (SSSR count). The summed E-state index contributed by atoms with van der Waals surface area (Å²) in [6.07, 6.45) is 2.91. The topological polar surface area (TPSA) is 43.8 Å². The van der Waals surface area contributed by atoms with Gasteiger partial charge in [-0.25, -0.2) is 0 Å². The number of nitrogens with zero attached hydrogens (tertiary/aromatic N) is 2. The van der Waals surface area contributed by atoms with Crippen LogP contribution in [0.3, 0.4) is 0 Å². The molecule has 92 valence electrons. The molecule has 0 aliphatic rings. The Morgan fingerprint density at radius 2 is 1.88 bits per heavy atom. The smallest absolute Gasteiger partial charge is 0.0640 e. The van der Waals surface area contributed by atoms with Crippen molar-refractivity contribution in [3.8, 4) is 0 Å². The van der Waals surface area contributed by atoms with Gasteiger partial charge in [-0.2, -0.15) is 5.10 Å². The summed E-state index contributed by atoms with van der Waals surface area (Å²) in [5.74, 6) is 1.16. The summed E-state index contributed by atoms with van der Waals surface area (Å²) < 4.78 is 1.99. The van der Waals surface area contributed by atoms with Gasteiger partial charge < -0.3 is 5.73 Å². The molecule has 1 aromatic rings. The van der Waals surface area contributed by atoms with Crippen LogP contribution in [-0.2, 0) is 6.42 Å². The summed E-state index contributed by atoms with van der Waals surface area (Å²) in [5.41, 5.74) is 7.29. The predicted molar refractivity (Wildman–Crippen MR) is 68.3 cm³/mol. The van der Waals surface area contributed by atoms with Crippen molar-refractivity contribution in [1.29, 1.82) is 0 Å². The van der Waals surface area contributed by atoms with Gasteiger partial charge in [0.25, 0.3) is 0 Å². The van der Waals surface area contributed by atoms with Crippen LogP contribution in [0.25, 0.3) is 0 Å². The molecule has 1 aromatic heterocycles. The number of hydrogen-bond acceptors (Lipinski definition) is 2. The summed E-state index contributed by atoms with van der Waals surface area (Å²) in [4.78, 5) is 0. The quantitative estimate of drug-likeness (QED) is 0.834. The minimum absolute atomic E-state index is 0.204. The van der Waals surface area contributed by atoms with Crippen molar-refractivity contribution in [2.45, 2.75) is 53.1 Å². The highest BCUT2D eigenvalue weighted by molar-refractivity contribution is 5.02. The summed E-state index contributed by atoms with van der Waals surface area (Å²) in [6.45, 7) is 10.9. The van der Waals surface area contributed by atoms with Gasteiger partial charge in [0.2, 0.25) is 0 Å². The van der Waals surface area contributed by atoms with Gasteiger partial charge in [0.05, 0.1) is 5.69 Å². The number of rotatable bonds is 5. The van der Waals surface area contributed by atoms with Crippen LogP contribution in [0.2, 0.25) is 0 Å². The lowest BCUT2D eigenvalue weighted by Gasteiger charge is -2.22. The molecule has 0 bridgehead atoms. The van der Waals surface area contributed by atoms with Gasteiger partial charge >= 0.3 is 0 Å². The number of hydrogen-bond donors (Lipinski definition) is 1. The molecular weight excluding hydrogens is 198 g/mol. The molecule has 0 aliphatic heterocycles. The predicted octanol–water partition coefficient (Wildman–Crippen LogP) is 2.63. The maximum atomic E-state index is 6.19. The molecule has 16 heavy (non-hydrogen) atoms. The molecule has 3 nitrogen and oxygen atoms in total. The standard InChI is InChI=1S/C13H25N3/c1-9(2)11(5)13(14)8-12-6-7-16(15-12)10(3)4/h6-7,9-11,13H,8,14H2,1-5H3. The van der Waals surface area contributed by atoms with Gasteiger partial charge in [-0.1, -0.05) is 20.8 Å². The number of nitrogens with two attached hydrogens (primary N) is 1. The zero-order chi connectivity index (χ0) is 12.3. The summed E-state index contributed by atoms with van der Waals surface area (Å²) in [6, 6.07) is 2.70. The van der Waals surface area contributed by atoms with E-state index in [0.717, 1.165) is 12.1 Å². The zero-order valence-electron chi connectivity index (χ0n) is 11.1. The van der Waals surface area contributed by atoms with Crippen LogP contribution in [0, 0.1) is 11.8 Å². The Morgan fingerprint density at radius 3 is 2.31 bits per heavy atom. The van der Waals surface area contributed by atoms with Crippen molar-refractivity contribution in [3.63, 3.8) is 0 Å². The molecule has 0 amide bonds. The van der Waals surface area contributed by atoms with Gasteiger partial charge in [0, 0.05) is 24.7 Å². The number of aromatic nitrogens is 2. The van der Waals surface area contributed by atoms with E-state index in [1.54, 1.807) is 0 Å². The second-order valence-corrected chi connectivity index (χ2v) is 5.35. The zero-order valence-corrected chi connectivity index (χ0v) is 11.1. The fourth-order valence-corrected chi connectivity index (χ4v) is 1.70. The Balaban J connectivity index is 2.59. The highest BCUT2D eigenvalue weighted by Gasteiger charge is 2.17. The Bertz CT molecular complexity index is 315. The van der Waals surface area contributed by atoms with Crippen LogP contribution in [0.5, 0.6) is 0 Å². The Hall–Kier alpha value is -0.830. The largest absolute Gasteiger partial charge is 0.327 e. The monoisotopic (exact) mass is 223 g/mol. The van der Waals surface area contributed by atoms with Crippen LogP contribution in [0.15, 0.2) is 12.3 Å². The first-order valence-corrected chi connectivity index (χ1v) is 6.21. The van der Waals surface area contributed by atoms with Gasteiger partial charge in [0.1, 0.15) is 0 Å². The molecule has 2 unspecified atom stereocenters. The molecule has 2 atom stereocenters. The maximum absolute atomic E-state index is 6.19. The molecule has 2 N–H and O–H groups in total. The fraction of sp³-hybridized carbons (Fsp3) is 0.769. The molecule has 0 aromatic carbocycles. The van der Waals surface area contributed by atoms with E-state index in [2.05, 4.69) is 45.8 Å². The lowest BCUT2D eigenvalue weighted by Crippen LogP contribution is -2.33. The summed E-state index contributed by atoms with van der Waals surface area (Å²) in [5, 5.41) is 4.53. The normalized spacial score (nSPS) is 15.8. The second-order valence-electron chi connectivity index (χ2n) is 5.35. The van der Waals surface area contributed by atoms with E-state index in [0.29, 0.717) is 17.9 Å². The Morgan fingerprint density at radius 1 is 1.25 bits per heavy atom. The van der Waals surface area contributed by atoms with Crippen molar-refractivity contribution in [1.82, 2.24) is 9.78 Å². The minimum Gasteiger partial charge on any atom is -0.327 e. The van der Waals surface area contributed by atoms with E-state index < -0.39 is 0 Å². The molecular formula is C13H25N3. The third-order valence-corrected chi connectivity index (χ3v) is 3.36. The van der Waals surface area contributed by atoms with Gasteiger partial charge in [-0.15, -0.1) is 0 Å². The third kappa shape index (κ3) is 3.34. The summed E-state index contributed by atoms with van der Waals surface area (Å²) in [7, 11) is 0. The van der Waals surface area contributed by atoms with Crippen LogP contribution in [0.4, 0.5) is 0 Å². The molecule has 0 aliphatic carbocycles. The Labute approximate surface area is 99.0 Å². The highest BCUT2D eigenvalue weighted by atomic mass is 15.3. The first-order chi connectivity index (χ1) is 7.41. The van der Waals surface area contributed by atoms with E-state index in [1.807, 2.05) is 10.9 Å². The average Bonchev–Trinajstić information content (AvgIpc) is 2.64.